The lowest BCUT2D eigenvalue weighted by atomic mass is 10.2. The molecule has 0 saturated heterocycles. The molecule has 0 aliphatic heterocycles. The molecule has 7 heteroatoms. The first-order valence-electron chi connectivity index (χ1n) is 8.50. The van der Waals surface area contributed by atoms with E-state index >= 15 is 0 Å². The lowest BCUT2D eigenvalue weighted by molar-refractivity contribution is 0.0886. The summed E-state index contributed by atoms with van der Waals surface area (Å²) in [6.45, 7) is 4.41. The third-order valence-corrected chi connectivity index (χ3v) is 3.80. The summed E-state index contributed by atoms with van der Waals surface area (Å²) in [5.74, 6) is 2.82. The number of anilines is 1. The van der Waals surface area contributed by atoms with Crippen LogP contribution in [0.4, 0.5) is 5.95 Å². The molecule has 3 heterocycles. The minimum Gasteiger partial charge on any atom is -0.465 e. The molecule has 0 bridgehead atoms. The van der Waals surface area contributed by atoms with Crippen molar-refractivity contribution in [2.45, 2.75) is 46.1 Å². The monoisotopic (exact) mass is 342 g/mol. The summed E-state index contributed by atoms with van der Waals surface area (Å²) < 4.78 is 12.2. The number of carbonyl (C=O) groups is 1. The van der Waals surface area contributed by atoms with E-state index in [1.807, 2.05) is 19.1 Å². The molecule has 0 fully saturated rings. The third-order valence-electron chi connectivity index (χ3n) is 3.80. The van der Waals surface area contributed by atoms with Crippen molar-refractivity contribution in [3.63, 3.8) is 0 Å². The summed E-state index contributed by atoms with van der Waals surface area (Å²) in [4.78, 5) is 16.9. The molecular weight excluding hydrogens is 320 g/mol. The van der Waals surface area contributed by atoms with E-state index in [0.29, 0.717) is 30.5 Å². The minimum absolute atomic E-state index is 0.0862. The highest BCUT2D eigenvalue weighted by atomic mass is 16.3. The van der Waals surface area contributed by atoms with Gasteiger partial charge in [0.25, 0.3) is 0 Å². The zero-order valence-electron chi connectivity index (χ0n) is 14.5. The van der Waals surface area contributed by atoms with Crippen LogP contribution in [0.25, 0.3) is 11.6 Å². The van der Waals surface area contributed by atoms with Crippen molar-refractivity contribution >= 4 is 11.9 Å². The van der Waals surface area contributed by atoms with Crippen molar-refractivity contribution in [1.82, 2.24) is 14.8 Å². The van der Waals surface area contributed by atoms with Gasteiger partial charge in [0.05, 0.1) is 12.8 Å². The van der Waals surface area contributed by atoms with E-state index in [1.54, 1.807) is 18.4 Å². The van der Waals surface area contributed by atoms with Gasteiger partial charge in [0.2, 0.25) is 17.7 Å². The molecule has 0 spiro atoms. The number of nitrogens with one attached hydrogen (secondary N) is 1. The van der Waals surface area contributed by atoms with Gasteiger partial charge < -0.3 is 14.2 Å². The van der Waals surface area contributed by atoms with E-state index in [2.05, 4.69) is 22.3 Å². The van der Waals surface area contributed by atoms with Gasteiger partial charge in [-0.2, -0.15) is 9.67 Å². The van der Waals surface area contributed by atoms with Gasteiger partial charge in [0, 0.05) is 6.42 Å². The lowest BCUT2D eigenvalue weighted by Crippen LogP contribution is -2.16. The highest BCUT2D eigenvalue weighted by Gasteiger charge is 2.18. The maximum Gasteiger partial charge on any atom is 0.250 e. The largest absolute Gasteiger partial charge is 0.465 e. The first kappa shape index (κ1) is 17.0. The van der Waals surface area contributed by atoms with E-state index in [1.165, 1.54) is 4.68 Å². The van der Waals surface area contributed by atoms with Crippen molar-refractivity contribution in [2.24, 2.45) is 0 Å². The quantitative estimate of drug-likeness (QED) is 0.615. The lowest BCUT2D eigenvalue weighted by Gasteiger charge is -2.05. The van der Waals surface area contributed by atoms with E-state index < -0.39 is 0 Å². The standard InChI is InChI=1S/C18H22N4O3/c1-3-4-5-8-16(23)22-18(19-12-14-10-9-13(2)25-14)20-17(21-22)15-7-6-11-24-15/h6-7,9-11H,3-5,8,12H2,1-2H3,(H,19,20,21). The summed E-state index contributed by atoms with van der Waals surface area (Å²) in [7, 11) is 0. The number of aromatic nitrogens is 3. The summed E-state index contributed by atoms with van der Waals surface area (Å²) >= 11 is 0. The SMILES string of the molecule is CCCCCC(=O)n1nc(-c2ccco2)nc1NCc1ccc(C)o1. The maximum absolute atomic E-state index is 12.5. The number of carbonyl (C=O) groups excluding carboxylic acids is 1. The molecule has 0 aromatic carbocycles. The number of aryl methyl sites for hydroxylation is 1. The molecule has 25 heavy (non-hydrogen) atoms. The zero-order chi connectivity index (χ0) is 17.6. The van der Waals surface area contributed by atoms with Gasteiger partial charge in [0.15, 0.2) is 5.76 Å². The van der Waals surface area contributed by atoms with Crippen molar-refractivity contribution in [3.8, 4) is 11.6 Å². The number of rotatable bonds is 8. The Labute approximate surface area is 146 Å². The zero-order valence-corrected chi connectivity index (χ0v) is 14.5. The van der Waals surface area contributed by atoms with Crippen LogP contribution in [0.1, 0.15) is 48.9 Å². The van der Waals surface area contributed by atoms with E-state index in [0.717, 1.165) is 30.8 Å². The van der Waals surface area contributed by atoms with E-state index in [9.17, 15) is 4.79 Å². The normalized spacial score (nSPS) is 11.0. The summed E-state index contributed by atoms with van der Waals surface area (Å²) in [6.07, 6.45) is 4.90. The Morgan fingerprint density at radius 3 is 2.84 bits per heavy atom. The van der Waals surface area contributed by atoms with Crippen molar-refractivity contribution in [1.29, 1.82) is 0 Å². The van der Waals surface area contributed by atoms with E-state index in [4.69, 9.17) is 8.83 Å². The van der Waals surface area contributed by atoms with Crippen molar-refractivity contribution in [3.05, 3.63) is 42.0 Å². The summed E-state index contributed by atoms with van der Waals surface area (Å²) in [6, 6.07) is 7.31. The van der Waals surface area contributed by atoms with Crippen LogP contribution >= 0.6 is 0 Å². The molecule has 0 unspecified atom stereocenters. The van der Waals surface area contributed by atoms with Crippen LogP contribution in [0.5, 0.6) is 0 Å². The molecular formula is C18H22N4O3. The Hall–Kier alpha value is -2.83. The van der Waals surface area contributed by atoms with Crippen molar-refractivity contribution in [2.75, 3.05) is 5.32 Å². The van der Waals surface area contributed by atoms with Crippen LogP contribution in [0.2, 0.25) is 0 Å². The highest BCUT2D eigenvalue weighted by molar-refractivity contribution is 5.81. The molecule has 3 aromatic heterocycles. The van der Waals surface area contributed by atoms with Gasteiger partial charge in [0.1, 0.15) is 11.5 Å². The average Bonchev–Trinajstić information content (AvgIpc) is 3.33. The number of hydrogen-bond acceptors (Lipinski definition) is 6. The second-order valence-corrected chi connectivity index (χ2v) is 5.86. The number of furan rings is 2. The Morgan fingerprint density at radius 1 is 1.28 bits per heavy atom. The van der Waals surface area contributed by atoms with Gasteiger partial charge >= 0.3 is 0 Å². The fourth-order valence-corrected chi connectivity index (χ4v) is 2.49. The molecule has 0 aliphatic rings. The van der Waals surface area contributed by atoms with Crippen LogP contribution in [0, 0.1) is 6.92 Å². The predicted octanol–water partition coefficient (Wildman–Crippen LogP) is 4.27. The smallest absolute Gasteiger partial charge is 0.250 e. The molecule has 0 saturated carbocycles. The first-order valence-corrected chi connectivity index (χ1v) is 8.50. The fourth-order valence-electron chi connectivity index (χ4n) is 2.49. The van der Waals surface area contributed by atoms with Crippen LogP contribution in [0.15, 0.2) is 39.4 Å². The van der Waals surface area contributed by atoms with Gasteiger partial charge in [-0.1, -0.05) is 19.8 Å². The number of unbranched alkanes of at least 4 members (excludes halogenated alkanes) is 2. The minimum atomic E-state index is -0.0862. The molecule has 7 nitrogen and oxygen atoms in total. The Balaban J connectivity index is 1.79. The third kappa shape index (κ3) is 4.17. The average molecular weight is 342 g/mol. The molecule has 0 aliphatic carbocycles. The Bertz CT molecular complexity index is 817. The van der Waals surface area contributed by atoms with Gasteiger partial charge in [-0.25, -0.2) is 0 Å². The van der Waals surface area contributed by atoms with Gasteiger partial charge in [-0.3, -0.25) is 4.79 Å². The van der Waals surface area contributed by atoms with Crippen LogP contribution in [-0.2, 0) is 6.54 Å². The topological polar surface area (TPSA) is 86.1 Å². The van der Waals surface area contributed by atoms with Crippen molar-refractivity contribution < 1.29 is 13.6 Å². The number of hydrogen-bond donors (Lipinski definition) is 1. The molecule has 0 radical (unpaired) electrons. The second-order valence-electron chi connectivity index (χ2n) is 5.86. The van der Waals surface area contributed by atoms with Crippen LogP contribution in [0.3, 0.4) is 0 Å². The summed E-state index contributed by atoms with van der Waals surface area (Å²) in [5, 5.41) is 7.45. The van der Waals surface area contributed by atoms with Crippen LogP contribution < -0.4 is 5.32 Å². The Kier molecular flexibility index (Phi) is 5.33. The maximum atomic E-state index is 12.5. The molecule has 1 N–H and O–H groups in total. The second kappa shape index (κ2) is 7.83. The van der Waals surface area contributed by atoms with Crippen LogP contribution in [-0.4, -0.2) is 20.7 Å². The van der Waals surface area contributed by atoms with E-state index in [-0.39, 0.29) is 5.91 Å². The molecule has 3 rings (SSSR count). The number of nitrogens with zero attached hydrogens (tertiary/aromatic N) is 3. The molecule has 0 amide bonds. The predicted molar refractivity (Wildman–Crippen MR) is 93.3 cm³/mol. The first-order chi connectivity index (χ1) is 12.2. The Morgan fingerprint density at radius 2 is 2.16 bits per heavy atom. The van der Waals surface area contributed by atoms with Gasteiger partial charge in [-0.15, -0.1) is 5.10 Å². The molecule has 132 valence electrons. The fraction of sp³-hybridized carbons (Fsp3) is 0.389. The summed E-state index contributed by atoms with van der Waals surface area (Å²) in [5.41, 5.74) is 0. The molecule has 3 aromatic rings. The highest BCUT2D eigenvalue weighted by Crippen LogP contribution is 2.20. The van der Waals surface area contributed by atoms with Gasteiger partial charge in [-0.05, 0) is 37.6 Å². The molecule has 0 atom stereocenters.